The molecule has 1 N–H and O–H groups in total. The van der Waals surface area contributed by atoms with Crippen LogP contribution in [0.2, 0.25) is 0 Å². The molecule has 0 aliphatic carbocycles. The number of aryl methyl sites for hydroxylation is 1. The Kier molecular flexibility index (Phi) is 4.59. The molecule has 1 atom stereocenters. The molecule has 0 spiro atoms. The molecule has 1 aromatic heterocycles. The molecule has 2 heteroatoms. The largest absolute Gasteiger partial charge is 0.469 e. The molecule has 1 unspecified atom stereocenters. The Bertz CT molecular complexity index is 444. The molecule has 0 radical (unpaired) electrons. The van der Waals surface area contributed by atoms with E-state index < -0.39 is 0 Å². The van der Waals surface area contributed by atoms with E-state index in [1.54, 1.807) is 6.26 Å². The zero-order valence-corrected chi connectivity index (χ0v) is 11.1. The molecule has 96 valence electrons. The van der Waals surface area contributed by atoms with Gasteiger partial charge in [0.05, 0.1) is 6.26 Å². The van der Waals surface area contributed by atoms with Gasteiger partial charge in [-0.25, -0.2) is 0 Å². The summed E-state index contributed by atoms with van der Waals surface area (Å²) in [5.41, 5.74) is 2.62. The Morgan fingerprint density at radius 1 is 1.17 bits per heavy atom. The number of hydrogen-bond acceptors (Lipinski definition) is 2. The van der Waals surface area contributed by atoms with Crippen LogP contribution in [0.4, 0.5) is 0 Å². The summed E-state index contributed by atoms with van der Waals surface area (Å²) in [4.78, 5) is 0. The van der Waals surface area contributed by atoms with Gasteiger partial charge in [-0.05, 0) is 37.6 Å². The van der Waals surface area contributed by atoms with Crippen molar-refractivity contribution in [1.82, 2.24) is 5.32 Å². The van der Waals surface area contributed by atoms with Crippen LogP contribution in [0.1, 0.15) is 36.3 Å². The van der Waals surface area contributed by atoms with Crippen LogP contribution in [0.3, 0.4) is 0 Å². The summed E-state index contributed by atoms with van der Waals surface area (Å²) in [7, 11) is 0. The zero-order valence-electron chi connectivity index (χ0n) is 11.1. The molecule has 0 bridgehead atoms. The Morgan fingerprint density at radius 2 is 1.94 bits per heavy atom. The highest BCUT2D eigenvalue weighted by atomic mass is 16.3. The van der Waals surface area contributed by atoms with Gasteiger partial charge >= 0.3 is 0 Å². The molecule has 0 fully saturated rings. The third-order valence-corrected chi connectivity index (χ3v) is 3.11. The molecule has 2 nitrogen and oxygen atoms in total. The first-order chi connectivity index (χ1) is 8.79. The molecule has 0 aliphatic rings. The van der Waals surface area contributed by atoms with Crippen LogP contribution in [-0.4, -0.2) is 6.54 Å². The number of furan rings is 1. The lowest BCUT2D eigenvalue weighted by molar-refractivity contribution is 0.449. The van der Waals surface area contributed by atoms with E-state index in [1.165, 1.54) is 11.1 Å². The molecule has 1 heterocycles. The normalized spacial score (nSPS) is 12.6. The molecule has 0 saturated carbocycles. The number of rotatable bonds is 6. The van der Waals surface area contributed by atoms with E-state index in [9.17, 15) is 0 Å². The van der Waals surface area contributed by atoms with E-state index in [-0.39, 0.29) is 0 Å². The van der Waals surface area contributed by atoms with E-state index in [2.05, 4.69) is 43.4 Å². The van der Waals surface area contributed by atoms with E-state index in [0.717, 1.165) is 25.1 Å². The average Bonchev–Trinajstić information content (AvgIpc) is 2.88. The summed E-state index contributed by atoms with van der Waals surface area (Å²) in [5.74, 6) is 1.03. The second kappa shape index (κ2) is 6.41. The summed E-state index contributed by atoms with van der Waals surface area (Å²) in [6, 6.07) is 13.0. The van der Waals surface area contributed by atoms with Gasteiger partial charge < -0.3 is 9.73 Å². The number of benzene rings is 1. The van der Waals surface area contributed by atoms with Crippen molar-refractivity contribution in [2.75, 3.05) is 6.54 Å². The molecule has 0 aliphatic heterocycles. The third-order valence-electron chi connectivity index (χ3n) is 3.11. The van der Waals surface area contributed by atoms with E-state index in [4.69, 9.17) is 4.42 Å². The average molecular weight is 243 g/mol. The van der Waals surface area contributed by atoms with Crippen molar-refractivity contribution < 1.29 is 4.42 Å². The number of hydrogen-bond donors (Lipinski definition) is 1. The molecular weight excluding hydrogens is 222 g/mol. The van der Waals surface area contributed by atoms with Crippen molar-refractivity contribution in [3.8, 4) is 0 Å². The van der Waals surface area contributed by atoms with Crippen molar-refractivity contribution in [3.05, 3.63) is 59.5 Å². The fourth-order valence-electron chi connectivity index (χ4n) is 2.06. The maximum Gasteiger partial charge on any atom is 0.105 e. The first kappa shape index (κ1) is 12.9. The Morgan fingerprint density at radius 3 is 2.56 bits per heavy atom. The summed E-state index contributed by atoms with van der Waals surface area (Å²) >= 11 is 0. The van der Waals surface area contributed by atoms with Gasteiger partial charge in [0.2, 0.25) is 0 Å². The van der Waals surface area contributed by atoms with Gasteiger partial charge in [0.25, 0.3) is 0 Å². The SMILES string of the molecule is CCCNC(Cc1ccco1)c1ccc(C)cc1. The molecule has 2 aromatic rings. The maximum atomic E-state index is 5.45. The van der Waals surface area contributed by atoms with Gasteiger partial charge in [0, 0.05) is 12.5 Å². The van der Waals surface area contributed by atoms with Crippen molar-refractivity contribution in [3.63, 3.8) is 0 Å². The summed E-state index contributed by atoms with van der Waals surface area (Å²) in [5, 5.41) is 3.58. The standard InChI is InChI=1S/C16H21NO/c1-3-10-17-16(12-15-5-4-11-18-15)14-8-6-13(2)7-9-14/h4-9,11,16-17H,3,10,12H2,1-2H3. The highest BCUT2D eigenvalue weighted by Crippen LogP contribution is 2.19. The second-order valence-corrected chi connectivity index (χ2v) is 4.70. The van der Waals surface area contributed by atoms with E-state index >= 15 is 0 Å². The second-order valence-electron chi connectivity index (χ2n) is 4.70. The summed E-state index contributed by atoms with van der Waals surface area (Å²) in [6.45, 7) is 5.33. The first-order valence-corrected chi connectivity index (χ1v) is 6.62. The van der Waals surface area contributed by atoms with E-state index in [1.807, 2.05) is 12.1 Å². The van der Waals surface area contributed by atoms with Gasteiger partial charge in [0.1, 0.15) is 5.76 Å². The number of nitrogens with one attached hydrogen (secondary N) is 1. The lowest BCUT2D eigenvalue weighted by Gasteiger charge is -2.18. The third kappa shape index (κ3) is 3.47. The fourth-order valence-corrected chi connectivity index (χ4v) is 2.06. The lowest BCUT2D eigenvalue weighted by atomic mass is 10.0. The molecular formula is C16H21NO. The topological polar surface area (TPSA) is 25.2 Å². The van der Waals surface area contributed by atoms with Crippen LogP contribution in [0.25, 0.3) is 0 Å². The lowest BCUT2D eigenvalue weighted by Crippen LogP contribution is -2.23. The molecule has 2 rings (SSSR count). The first-order valence-electron chi connectivity index (χ1n) is 6.62. The molecule has 1 aromatic carbocycles. The van der Waals surface area contributed by atoms with Gasteiger partial charge in [0.15, 0.2) is 0 Å². The van der Waals surface area contributed by atoms with Gasteiger partial charge in [-0.15, -0.1) is 0 Å². The monoisotopic (exact) mass is 243 g/mol. The van der Waals surface area contributed by atoms with Crippen molar-refractivity contribution >= 4 is 0 Å². The Balaban J connectivity index is 2.11. The van der Waals surface area contributed by atoms with Gasteiger partial charge in [-0.1, -0.05) is 36.8 Å². The van der Waals surface area contributed by atoms with Crippen LogP contribution in [0, 0.1) is 6.92 Å². The highest BCUT2D eigenvalue weighted by Gasteiger charge is 2.12. The van der Waals surface area contributed by atoms with Gasteiger partial charge in [-0.3, -0.25) is 0 Å². The summed E-state index contributed by atoms with van der Waals surface area (Å²) < 4.78 is 5.45. The van der Waals surface area contributed by atoms with Crippen LogP contribution in [-0.2, 0) is 6.42 Å². The zero-order chi connectivity index (χ0) is 12.8. The van der Waals surface area contributed by atoms with Crippen LogP contribution in [0.15, 0.2) is 47.1 Å². The predicted molar refractivity (Wildman–Crippen MR) is 74.6 cm³/mol. The highest BCUT2D eigenvalue weighted by molar-refractivity contribution is 5.25. The van der Waals surface area contributed by atoms with Crippen LogP contribution < -0.4 is 5.32 Å². The minimum Gasteiger partial charge on any atom is -0.469 e. The predicted octanol–water partition coefficient (Wildman–Crippen LogP) is 3.87. The fraction of sp³-hybridized carbons (Fsp3) is 0.375. The minimum absolute atomic E-state index is 0.330. The Hall–Kier alpha value is -1.54. The van der Waals surface area contributed by atoms with Crippen molar-refractivity contribution in [2.24, 2.45) is 0 Å². The Labute approximate surface area is 109 Å². The van der Waals surface area contributed by atoms with Crippen LogP contribution >= 0.6 is 0 Å². The van der Waals surface area contributed by atoms with Gasteiger partial charge in [-0.2, -0.15) is 0 Å². The maximum absolute atomic E-state index is 5.45. The molecule has 18 heavy (non-hydrogen) atoms. The van der Waals surface area contributed by atoms with E-state index in [0.29, 0.717) is 6.04 Å². The van der Waals surface area contributed by atoms with Crippen molar-refractivity contribution in [1.29, 1.82) is 0 Å². The van der Waals surface area contributed by atoms with Crippen LogP contribution in [0.5, 0.6) is 0 Å². The molecule has 0 saturated heterocycles. The quantitative estimate of drug-likeness (QED) is 0.833. The smallest absolute Gasteiger partial charge is 0.105 e. The van der Waals surface area contributed by atoms with Crippen molar-refractivity contribution in [2.45, 2.75) is 32.7 Å². The summed E-state index contributed by atoms with van der Waals surface area (Å²) in [6.07, 6.45) is 3.78. The minimum atomic E-state index is 0.330. The molecule has 0 amide bonds.